The van der Waals surface area contributed by atoms with Crippen LogP contribution in [0.5, 0.6) is 0 Å². The first-order valence-corrected chi connectivity index (χ1v) is 18.5. The molecule has 48 heavy (non-hydrogen) atoms. The maximum atomic E-state index is 2.75. The maximum absolute atomic E-state index is 2.75. The zero-order valence-corrected chi connectivity index (χ0v) is 27.9. The molecule has 222 valence electrons. The quantitative estimate of drug-likeness (QED) is 0.145. The number of fused-ring (bicyclic) bond motifs is 18. The van der Waals surface area contributed by atoms with Crippen LogP contribution in [0.25, 0.3) is 90.2 Å². The summed E-state index contributed by atoms with van der Waals surface area (Å²) < 4.78 is 11.0. The molecular formula is C43H25BN2S2. The minimum Gasteiger partial charge on any atom is -0.374 e. The van der Waals surface area contributed by atoms with Crippen LogP contribution >= 0.6 is 22.7 Å². The summed E-state index contributed by atoms with van der Waals surface area (Å²) in [6.07, 6.45) is 0. The van der Waals surface area contributed by atoms with E-state index in [1.54, 1.807) is 0 Å². The van der Waals surface area contributed by atoms with Crippen molar-refractivity contribution < 1.29 is 0 Å². The average molecular weight is 645 g/mol. The highest BCUT2D eigenvalue weighted by Gasteiger charge is 2.48. The van der Waals surface area contributed by atoms with E-state index in [1.165, 1.54) is 112 Å². The Hall–Kier alpha value is -5.10. The van der Waals surface area contributed by atoms with Gasteiger partial charge in [0, 0.05) is 64.1 Å². The first kappa shape index (κ1) is 25.0. The zero-order chi connectivity index (χ0) is 31.2. The van der Waals surface area contributed by atoms with Gasteiger partial charge in [-0.25, -0.2) is 0 Å². The third-order valence-electron chi connectivity index (χ3n) is 11.8. The van der Waals surface area contributed by atoms with Crippen molar-refractivity contribution in [2.75, 3.05) is 0 Å². The van der Waals surface area contributed by atoms with Gasteiger partial charge in [0.2, 0.25) is 0 Å². The molecule has 4 aromatic heterocycles. The smallest absolute Gasteiger partial charge is 0.333 e. The Morgan fingerprint density at radius 3 is 2.15 bits per heavy atom. The van der Waals surface area contributed by atoms with Crippen LogP contribution in [-0.4, -0.2) is 15.9 Å². The molecule has 2 aliphatic heterocycles. The van der Waals surface area contributed by atoms with Crippen molar-refractivity contribution >= 4 is 103 Å². The highest BCUT2D eigenvalue weighted by atomic mass is 32.1. The fourth-order valence-corrected chi connectivity index (χ4v) is 12.5. The van der Waals surface area contributed by atoms with Gasteiger partial charge in [-0.2, -0.15) is 0 Å². The molecule has 0 amide bonds. The monoisotopic (exact) mass is 644 g/mol. The van der Waals surface area contributed by atoms with Gasteiger partial charge in [0.05, 0.1) is 26.1 Å². The molecule has 0 saturated carbocycles. The molecule has 2 nitrogen and oxygen atoms in total. The lowest BCUT2D eigenvalue weighted by Gasteiger charge is -2.36. The molecule has 1 aliphatic carbocycles. The number of thiophene rings is 2. The SMILES string of the molecule is CC1(C)c2ccccc2-c2c1n1c3c(cccc23)B2c3c(cc4c(sc5ccccc54)c3-1)-c1cccc3c4sc5ccccc5c4n2c13. The van der Waals surface area contributed by atoms with Gasteiger partial charge < -0.3 is 9.05 Å². The summed E-state index contributed by atoms with van der Waals surface area (Å²) in [5.41, 5.74) is 16.6. The first-order valence-electron chi connectivity index (χ1n) is 16.8. The minimum atomic E-state index is -0.148. The standard InChI is InChI=1S/C43H25BN2S2/c1-43(2)30-17-6-3-12-24(30)34-26-15-10-18-31-37(26)45(42(34)43)39-35-28(21-29-22-11-4-7-19-32(22)47-41(29)39)23-14-9-16-27-36(23)46(44(31)35)38-25-13-5-8-20-33(25)48-40(27)38/h3-21H,1-2H3. The van der Waals surface area contributed by atoms with Gasteiger partial charge >= 0.3 is 6.85 Å². The number of rotatable bonds is 0. The van der Waals surface area contributed by atoms with Crippen molar-refractivity contribution in [2.45, 2.75) is 19.3 Å². The molecule has 0 atom stereocenters. The molecule has 0 bridgehead atoms. The lowest BCUT2D eigenvalue weighted by Crippen LogP contribution is -2.55. The minimum absolute atomic E-state index is 0.0714. The second kappa shape index (κ2) is 7.95. The van der Waals surface area contributed by atoms with Crippen LogP contribution in [-0.2, 0) is 5.41 Å². The fraction of sp³-hybridized carbons (Fsp3) is 0.0698. The van der Waals surface area contributed by atoms with Crippen molar-refractivity contribution in [1.82, 2.24) is 9.05 Å². The van der Waals surface area contributed by atoms with E-state index in [2.05, 4.69) is 138 Å². The zero-order valence-electron chi connectivity index (χ0n) is 26.3. The van der Waals surface area contributed by atoms with Crippen LogP contribution < -0.4 is 10.9 Å². The third kappa shape index (κ3) is 2.55. The summed E-state index contributed by atoms with van der Waals surface area (Å²) in [5.74, 6) is 0. The van der Waals surface area contributed by atoms with Gasteiger partial charge in [0.1, 0.15) is 0 Å². The summed E-state index contributed by atoms with van der Waals surface area (Å²) >= 11 is 3.92. The lowest BCUT2D eigenvalue weighted by molar-refractivity contribution is 0.625. The molecular weight excluding hydrogens is 619 g/mol. The molecule has 0 unspecified atom stereocenters. The Kier molecular flexibility index (Phi) is 4.14. The van der Waals surface area contributed by atoms with Crippen molar-refractivity contribution in [3.63, 3.8) is 0 Å². The van der Waals surface area contributed by atoms with Gasteiger partial charge in [-0.3, -0.25) is 0 Å². The van der Waals surface area contributed by atoms with Crippen molar-refractivity contribution in [3.8, 4) is 27.9 Å². The number of para-hydroxylation sites is 2. The topological polar surface area (TPSA) is 9.86 Å². The van der Waals surface area contributed by atoms with Crippen LogP contribution in [0.4, 0.5) is 0 Å². The van der Waals surface area contributed by atoms with Gasteiger partial charge in [-0.05, 0) is 45.8 Å². The normalized spacial score (nSPS) is 15.0. The largest absolute Gasteiger partial charge is 0.374 e. The van der Waals surface area contributed by atoms with Gasteiger partial charge in [-0.15, -0.1) is 22.7 Å². The van der Waals surface area contributed by atoms with E-state index in [9.17, 15) is 0 Å². The number of benzene rings is 6. The Morgan fingerprint density at radius 1 is 0.562 bits per heavy atom. The second-order valence-electron chi connectivity index (χ2n) is 14.4. The van der Waals surface area contributed by atoms with E-state index in [0.717, 1.165) is 0 Å². The summed E-state index contributed by atoms with van der Waals surface area (Å²) in [4.78, 5) is 0. The predicted molar refractivity (Wildman–Crippen MR) is 208 cm³/mol. The molecule has 3 aliphatic rings. The van der Waals surface area contributed by atoms with Crippen LogP contribution in [0, 0.1) is 0 Å². The fourth-order valence-electron chi connectivity index (χ4n) is 10.1. The number of hydrogen-bond donors (Lipinski definition) is 0. The van der Waals surface area contributed by atoms with Crippen molar-refractivity contribution in [2.24, 2.45) is 0 Å². The summed E-state index contributed by atoms with van der Waals surface area (Å²) in [5, 5.41) is 6.83. The van der Waals surface area contributed by atoms with Crippen molar-refractivity contribution in [3.05, 3.63) is 127 Å². The van der Waals surface area contributed by atoms with E-state index in [-0.39, 0.29) is 12.3 Å². The van der Waals surface area contributed by atoms with Crippen LogP contribution in [0.15, 0.2) is 115 Å². The summed E-state index contributed by atoms with van der Waals surface area (Å²) in [7, 11) is 0. The molecule has 0 spiro atoms. The molecule has 0 fully saturated rings. The van der Waals surface area contributed by atoms with Gasteiger partial charge in [0.25, 0.3) is 0 Å². The molecule has 13 rings (SSSR count). The van der Waals surface area contributed by atoms with Crippen LogP contribution in [0.1, 0.15) is 25.1 Å². The summed E-state index contributed by atoms with van der Waals surface area (Å²) in [6, 6.07) is 43.9. The predicted octanol–water partition coefficient (Wildman–Crippen LogP) is 10.6. The highest BCUT2D eigenvalue weighted by molar-refractivity contribution is 7.27. The Balaban J connectivity index is 1.33. The Morgan fingerprint density at radius 2 is 1.25 bits per heavy atom. The van der Waals surface area contributed by atoms with E-state index < -0.39 is 0 Å². The molecule has 6 aromatic carbocycles. The molecule has 0 saturated heterocycles. The molecule has 0 radical (unpaired) electrons. The second-order valence-corrected chi connectivity index (χ2v) is 16.5. The highest BCUT2D eigenvalue weighted by Crippen LogP contribution is 2.56. The van der Waals surface area contributed by atoms with E-state index in [1.807, 2.05) is 22.7 Å². The van der Waals surface area contributed by atoms with E-state index in [4.69, 9.17) is 0 Å². The third-order valence-corrected chi connectivity index (χ3v) is 14.2. The first-order chi connectivity index (χ1) is 23.6. The van der Waals surface area contributed by atoms with E-state index >= 15 is 0 Å². The Labute approximate surface area is 284 Å². The van der Waals surface area contributed by atoms with Gasteiger partial charge in [-0.1, -0.05) is 111 Å². The number of nitrogens with zero attached hydrogens (tertiary/aromatic N) is 2. The van der Waals surface area contributed by atoms with Crippen LogP contribution in [0.3, 0.4) is 0 Å². The number of aromatic nitrogens is 2. The number of hydrogen-bond acceptors (Lipinski definition) is 2. The summed E-state index contributed by atoms with van der Waals surface area (Å²) in [6.45, 7) is 4.95. The Bertz CT molecular complexity index is 3160. The molecule has 5 heteroatoms. The molecule has 0 N–H and O–H groups in total. The van der Waals surface area contributed by atoms with E-state index in [0.29, 0.717) is 0 Å². The van der Waals surface area contributed by atoms with Gasteiger partial charge in [0.15, 0.2) is 0 Å². The van der Waals surface area contributed by atoms with Crippen molar-refractivity contribution in [1.29, 1.82) is 0 Å². The lowest BCUT2D eigenvalue weighted by atomic mass is 9.45. The molecule has 10 aromatic rings. The molecule has 6 heterocycles. The maximum Gasteiger partial charge on any atom is 0.333 e. The van der Waals surface area contributed by atoms with Crippen LogP contribution in [0.2, 0.25) is 0 Å². The average Bonchev–Trinajstić information content (AvgIpc) is 3.90.